The van der Waals surface area contributed by atoms with E-state index in [-0.39, 0.29) is 18.1 Å². The summed E-state index contributed by atoms with van der Waals surface area (Å²) in [7, 11) is 1.66. The van der Waals surface area contributed by atoms with Gasteiger partial charge in [-0.25, -0.2) is 4.79 Å². The summed E-state index contributed by atoms with van der Waals surface area (Å²) in [6, 6.07) is 8.11. The molecular formula is C16H24N2O3. The number of hydrogen-bond acceptors (Lipinski definition) is 3. The van der Waals surface area contributed by atoms with Gasteiger partial charge in [0.1, 0.15) is 5.75 Å². The number of carbonyl (C=O) groups is 1. The SMILES string of the molecule is COc1cccc(CC(C)NC(=O)N2CCOCC2C)c1. The van der Waals surface area contributed by atoms with E-state index in [4.69, 9.17) is 9.47 Å². The van der Waals surface area contributed by atoms with E-state index in [1.165, 1.54) is 0 Å². The molecule has 1 aromatic rings. The van der Waals surface area contributed by atoms with E-state index in [0.29, 0.717) is 19.8 Å². The summed E-state index contributed by atoms with van der Waals surface area (Å²) in [4.78, 5) is 14.1. The molecule has 0 aliphatic carbocycles. The van der Waals surface area contributed by atoms with Crippen molar-refractivity contribution in [2.45, 2.75) is 32.4 Å². The standard InChI is InChI=1S/C16H24N2O3/c1-12(9-14-5-4-6-15(10-14)20-3)17-16(19)18-7-8-21-11-13(18)2/h4-6,10,12-13H,7-9,11H2,1-3H3,(H,17,19). The molecule has 1 aliphatic rings. The van der Waals surface area contributed by atoms with Gasteiger partial charge in [0.15, 0.2) is 0 Å². The average molecular weight is 292 g/mol. The molecule has 0 saturated carbocycles. The van der Waals surface area contributed by atoms with Crippen LogP contribution in [-0.2, 0) is 11.2 Å². The third-order valence-corrected chi connectivity index (χ3v) is 3.67. The number of methoxy groups -OCH3 is 1. The van der Waals surface area contributed by atoms with Crippen LogP contribution in [0.25, 0.3) is 0 Å². The number of urea groups is 1. The molecular weight excluding hydrogens is 268 g/mol. The van der Waals surface area contributed by atoms with Gasteiger partial charge in [0.05, 0.1) is 26.4 Å². The highest BCUT2D eigenvalue weighted by molar-refractivity contribution is 5.75. The van der Waals surface area contributed by atoms with Crippen molar-refractivity contribution < 1.29 is 14.3 Å². The molecule has 5 heteroatoms. The van der Waals surface area contributed by atoms with Crippen LogP contribution in [0.1, 0.15) is 19.4 Å². The monoisotopic (exact) mass is 292 g/mol. The maximum atomic E-state index is 12.3. The molecule has 0 bridgehead atoms. The van der Waals surface area contributed by atoms with E-state index in [2.05, 4.69) is 5.32 Å². The zero-order valence-corrected chi connectivity index (χ0v) is 13.0. The second-order valence-corrected chi connectivity index (χ2v) is 5.52. The maximum Gasteiger partial charge on any atom is 0.318 e. The fraction of sp³-hybridized carbons (Fsp3) is 0.562. The lowest BCUT2D eigenvalue weighted by Crippen LogP contribution is -2.53. The highest BCUT2D eigenvalue weighted by Crippen LogP contribution is 2.14. The van der Waals surface area contributed by atoms with Crippen LogP contribution in [0.5, 0.6) is 5.75 Å². The number of amides is 2. The largest absolute Gasteiger partial charge is 0.497 e. The van der Waals surface area contributed by atoms with E-state index in [1.807, 2.05) is 43.0 Å². The predicted octanol–water partition coefficient (Wildman–Crippen LogP) is 2.06. The number of nitrogens with zero attached hydrogens (tertiary/aromatic N) is 1. The molecule has 1 N–H and O–H groups in total. The molecule has 1 aromatic carbocycles. The molecule has 1 heterocycles. The Kier molecular flexibility index (Phi) is 5.44. The van der Waals surface area contributed by atoms with Gasteiger partial charge in [0, 0.05) is 12.6 Å². The topological polar surface area (TPSA) is 50.8 Å². The lowest BCUT2D eigenvalue weighted by atomic mass is 10.1. The normalized spacial score (nSPS) is 20.0. The second kappa shape index (κ2) is 7.31. The van der Waals surface area contributed by atoms with E-state index < -0.39 is 0 Å². The van der Waals surface area contributed by atoms with Gasteiger partial charge in [-0.3, -0.25) is 0 Å². The van der Waals surface area contributed by atoms with Crippen molar-refractivity contribution in [2.75, 3.05) is 26.9 Å². The Bertz CT molecular complexity index is 478. The average Bonchev–Trinajstić information content (AvgIpc) is 2.47. The molecule has 1 saturated heterocycles. The lowest BCUT2D eigenvalue weighted by molar-refractivity contribution is 0.0185. The third-order valence-electron chi connectivity index (χ3n) is 3.67. The minimum atomic E-state index is -0.0128. The number of hydrogen-bond donors (Lipinski definition) is 1. The predicted molar refractivity (Wildman–Crippen MR) is 81.7 cm³/mol. The molecule has 1 aliphatic heterocycles. The molecule has 0 radical (unpaired) electrons. The molecule has 2 rings (SSSR count). The fourth-order valence-corrected chi connectivity index (χ4v) is 2.53. The Morgan fingerprint density at radius 2 is 2.38 bits per heavy atom. The quantitative estimate of drug-likeness (QED) is 0.924. The summed E-state index contributed by atoms with van der Waals surface area (Å²) in [6.45, 7) is 5.90. The molecule has 1 fully saturated rings. The summed E-state index contributed by atoms with van der Waals surface area (Å²) in [5.41, 5.74) is 1.15. The third kappa shape index (κ3) is 4.36. The molecule has 5 nitrogen and oxygen atoms in total. The van der Waals surface area contributed by atoms with E-state index >= 15 is 0 Å². The van der Waals surface area contributed by atoms with Crippen molar-refractivity contribution in [3.63, 3.8) is 0 Å². The van der Waals surface area contributed by atoms with Gasteiger partial charge < -0.3 is 19.7 Å². The lowest BCUT2D eigenvalue weighted by Gasteiger charge is -2.34. The van der Waals surface area contributed by atoms with Crippen LogP contribution in [0.15, 0.2) is 24.3 Å². The van der Waals surface area contributed by atoms with E-state index in [0.717, 1.165) is 17.7 Å². The molecule has 2 unspecified atom stereocenters. The van der Waals surface area contributed by atoms with Crippen LogP contribution in [-0.4, -0.2) is 49.9 Å². The highest BCUT2D eigenvalue weighted by Gasteiger charge is 2.24. The number of benzene rings is 1. The second-order valence-electron chi connectivity index (χ2n) is 5.52. The number of nitrogens with one attached hydrogen (secondary N) is 1. The summed E-state index contributed by atoms with van der Waals surface area (Å²) < 4.78 is 10.6. The van der Waals surface area contributed by atoms with Crippen LogP contribution >= 0.6 is 0 Å². The van der Waals surface area contributed by atoms with Crippen LogP contribution in [0, 0.1) is 0 Å². The van der Waals surface area contributed by atoms with Crippen LogP contribution in [0.2, 0.25) is 0 Å². The summed E-state index contributed by atoms with van der Waals surface area (Å²) in [6.07, 6.45) is 0.779. The first kappa shape index (κ1) is 15.6. The van der Waals surface area contributed by atoms with Crippen LogP contribution < -0.4 is 10.1 Å². The van der Waals surface area contributed by atoms with Crippen LogP contribution in [0.4, 0.5) is 4.79 Å². The Morgan fingerprint density at radius 1 is 1.57 bits per heavy atom. The molecule has 2 amide bonds. The number of ether oxygens (including phenoxy) is 2. The first-order valence-electron chi connectivity index (χ1n) is 7.38. The Balaban J connectivity index is 1.88. The van der Waals surface area contributed by atoms with Gasteiger partial charge >= 0.3 is 6.03 Å². The van der Waals surface area contributed by atoms with E-state index in [1.54, 1.807) is 7.11 Å². The number of morpholine rings is 1. The van der Waals surface area contributed by atoms with Gasteiger partial charge in [-0.15, -0.1) is 0 Å². The molecule has 0 aromatic heterocycles. The summed E-state index contributed by atoms with van der Waals surface area (Å²) in [5.74, 6) is 0.841. The Hall–Kier alpha value is -1.75. The maximum absolute atomic E-state index is 12.3. The fourth-order valence-electron chi connectivity index (χ4n) is 2.53. The Morgan fingerprint density at radius 3 is 3.10 bits per heavy atom. The summed E-state index contributed by atoms with van der Waals surface area (Å²) in [5, 5.41) is 3.06. The first-order valence-corrected chi connectivity index (χ1v) is 7.38. The molecule has 116 valence electrons. The van der Waals surface area contributed by atoms with Gasteiger partial charge in [-0.2, -0.15) is 0 Å². The van der Waals surface area contributed by atoms with Gasteiger partial charge in [0.25, 0.3) is 0 Å². The minimum Gasteiger partial charge on any atom is -0.497 e. The van der Waals surface area contributed by atoms with Gasteiger partial charge in [0.2, 0.25) is 0 Å². The van der Waals surface area contributed by atoms with Crippen molar-refractivity contribution in [1.29, 1.82) is 0 Å². The van der Waals surface area contributed by atoms with Gasteiger partial charge in [-0.05, 0) is 38.0 Å². The van der Waals surface area contributed by atoms with Crippen molar-refractivity contribution >= 4 is 6.03 Å². The molecule has 21 heavy (non-hydrogen) atoms. The van der Waals surface area contributed by atoms with Gasteiger partial charge in [-0.1, -0.05) is 12.1 Å². The first-order chi connectivity index (χ1) is 10.1. The van der Waals surface area contributed by atoms with E-state index in [9.17, 15) is 4.79 Å². The van der Waals surface area contributed by atoms with Crippen LogP contribution in [0.3, 0.4) is 0 Å². The molecule has 0 spiro atoms. The number of carbonyl (C=O) groups excluding carboxylic acids is 1. The highest BCUT2D eigenvalue weighted by atomic mass is 16.5. The van der Waals surface area contributed by atoms with Crippen molar-refractivity contribution in [2.24, 2.45) is 0 Å². The Labute approximate surface area is 126 Å². The molecule has 2 atom stereocenters. The zero-order chi connectivity index (χ0) is 15.2. The zero-order valence-electron chi connectivity index (χ0n) is 13.0. The number of rotatable bonds is 4. The minimum absolute atomic E-state index is 0.0128. The van der Waals surface area contributed by atoms with Crippen molar-refractivity contribution in [3.05, 3.63) is 29.8 Å². The smallest absolute Gasteiger partial charge is 0.318 e. The van der Waals surface area contributed by atoms with Crippen molar-refractivity contribution in [3.8, 4) is 5.75 Å². The van der Waals surface area contributed by atoms with Crippen molar-refractivity contribution in [1.82, 2.24) is 10.2 Å². The summed E-state index contributed by atoms with van der Waals surface area (Å²) >= 11 is 0.